The summed E-state index contributed by atoms with van der Waals surface area (Å²) in [4.78, 5) is 24.0. The first-order valence-electron chi connectivity index (χ1n) is 8.98. The van der Waals surface area contributed by atoms with Crippen LogP contribution in [0.1, 0.15) is 52.0 Å². The molecule has 1 aromatic heterocycles. The van der Waals surface area contributed by atoms with Crippen molar-refractivity contribution in [3.05, 3.63) is 17.5 Å². The minimum atomic E-state index is -0.227. The zero-order chi connectivity index (χ0) is 17.5. The topological polar surface area (TPSA) is 69.4 Å². The Morgan fingerprint density at radius 2 is 2.21 bits per heavy atom. The molecule has 0 saturated heterocycles. The maximum absolute atomic E-state index is 12.6. The quantitative estimate of drug-likeness (QED) is 0.748. The largest absolute Gasteiger partial charge is 0.466 e. The Kier molecular flexibility index (Phi) is 4.54. The van der Waals surface area contributed by atoms with Crippen LogP contribution in [-0.2, 0) is 27.2 Å². The molecule has 0 amide bonds. The summed E-state index contributed by atoms with van der Waals surface area (Å²) >= 11 is 0. The summed E-state index contributed by atoms with van der Waals surface area (Å²) in [6, 6.07) is 1.88. The van der Waals surface area contributed by atoms with E-state index < -0.39 is 0 Å². The molecule has 2 saturated carbocycles. The highest BCUT2D eigenvalue weighted by Crippen LogP contribution is 2.60. The molecule has 2 aliphatic carbocycles. The van der Waals surface area contributed by atoms with Crippen molar-refractivity contribution in [1.82, 2.24) is 5.16 Å². The van der Waals surface area contributed by atoms with Gasteiger partial charge in [-0.15, -0.1) is 0 Å². The molecule has 1 aromatic rings. The van der Waals surface area contributed by atoms with Gasteiger partial charge in [-0.05, 0) is 30.6 Å². The first-order valence-corrected chi connectivity index (χ1v) is 8.98. The van der Waals surface area contributed by atoms with Crippen LogP contribution in [0.5, 0.6) is 0 Å². The van der Waals surface area contributed by atoms with Crippen molar-refractivity contribution in [1.29, 1.82) is 0 Å². The van der Waals surface area contributed by atoms with Crippen molar-refractivity contribution >= 4 is 11.8 Å². The van der Waals surface area contributed by atoms with Crippen molar-refractivity contribution < 1.29 is 18.8 Å². The number of rotatable bonds is 6. The smallest absolute Gasteiger partial charge is 0.306 e. The van der Waals surface area contributed by atoms with E-state index in [2.05, 4.69) is 25.9 Å². The van der Waals surface area contributed by atoms with Crippen molar-refractivity contribution in [3.63, 3.8) is 0 Å². The van der Waals surface area contributed by atoms with Gasteiger partial charge >= 0.3 is 5.97 Å². The Bertz CT molecular complexity index is 633. The number of aromatic nitrogens is 1. The Balaban J connectivity index is 1.61. The van der Waals surface area contributed by atoms with Gasteiger partial charge in [0.15, 0.2) is 0 Å². The Hall–Kier alpha value is -1.65. The molecule has 0 aliphatic heterocycles. The van der Waals surface area contributed by atoms with Crippen LogP contribution in [-0.4, -0.2) is 23.5 Å². The lowest BCUT2D eigenvalue weighted by molar-refractivity contribution is -0.143. The van der Waals surface area contributed by atoms with Gasteiger partial charge in [0.2, 0.25) is 0 Å². The Labute approximate surface area is 143 Å². The molecule has 3 rings (SSSR count). The van der Waals surface area contributed by atoms with E-state index >= 15 is 0 Å². The summed E-state index contributed by atoms with van der Waals surface area (Å²) in [6.45, 7) is 8.97. The molecule has 24 heavy (non-hydrogen) atoms. The highest BCUT2D eigenvalue weighted by Gasteiger charge is 2.59. The number of nitrogens with zero attached hydrogens (tertiary/aromatic N) is 1. The molecule has 132 valence electrons. The van der Waals surface area contributed by atoms with Gasteiger partial charge in [0, 0.05) is 30.7 Å². The second kappa shape index (κ2) is 6.34. The van der Waals surface area contributed by atoms with E-state index in [1.807, 2.05) is 6.07 Å². The third-order valence-electron chi connectivity index (χ3n) is 6.37. The molecule has 5 nitrogen and oxygen atoms in total. The van der Waals surface area contributed by atoms with Crippen LogP contribution in [0.2, 0.25) is 0 Å². The third-order valence-corrected chi connectivity index (χ3v) is 6.37. The van der Waals surface area contributed by atoms with Crippen molar-refractivity contribution in [3.8, 4) is 0 Å². The average molecular weight is 333 g/mol. The van der Waals surface area contributed by atoms with Crippen LogP contribution < -0.4 is 0 Å². The van der Waals surface area contributed by atoms with Crippen molar-refractivity contribution in [2.24, 2.45) is 29.1 Å². The minimum Gasteiger partial charge on any atom is -0.466 e. The van der Waals surface area contributed by atoms with E-state index in [4.69, 9.17) is 9.26 Å². The highest BCUT2D eigenvalue weighted by molar-refractivity contribution is 5.88. The maximum atomic E-state index is 12.6. The summed E-state index contributed by atoms with van der Waals surface area (Å²) in [5.74, 6) is 2.03. The summed E-state index contributed by atoms with van der Waals surface area (Å²) in [5.41, 5.74) is 1.03. The summed E-state index contributed by atoms with van der Waals surface area (Å²) in [7, 11) is 0. The molecule has 0 N–H and O–H groups in total. The van der Waals surface area contributed by atoms with Crippen LogP contribution in [0.15, 0.2) is 10.6 Å². The van der Waals surface area contributed by atoms with Gasteiger partial charge in [0.25, 0.3) is 0 Å². The van der Waals surface area contributed by atoms with Crippen LogP contribution in [0, 0.1) is 29.1 Å². The molecule has 2 fully saturated rings. The fourth-order valence-corrected chi connectivity index (χ4v) is 4.65. The lowest BCUT2D eigenvalue weighted by Gasteiger charge is -2.39. The third kappa shape index (κ3) is 2.89. The lowest BCUT2D eigenvalue weighted by Crippen LogP contribution is -2.40. The number of esters is 1. The molecule has 0 aromatic carbocycles. The number of hydrogen-bond donors (Lipinski definition) is 0. The van der Waals surface area contributed by atoms with E-state index in [9.17, 15) is 9.59 Å². The number of carbonyl (C=O) groups excluding carboxylic acids is 2. The van der Waals surface area contributed by atoms with Gasteiger partial charge in [-0.3, -0.25) is 9.59 Å². The molecule has 1 heterocycles. The van der Waals surface area contributed by atoms with Crippen LogP contribution in [0.4, 0.5) is 0 Å². The average Bonchev–Trinajstić information content (AvgIpc) is 3.16. The zero-order valence-corrected chi connectivity index (χ0v) is 15.0. The van der Waals surface area contributed by atoms with Crippen molar-refractivity contribution in [2.45, 2.75) is 53.4 Å². The molecule has 0 radical (unpaired) electrons. The van der Waals surface area contributed by atoms with E-state index in [1.54, 1.807) is 6.92 Å². The first-order chi connectivity index (χ1) is 11.3. The van der Waals surface area contributed by atoms with Gasteiger partial charge in [-0.2, -0.15) is 0 Å². The second-order valence-corrected chi connectivity index (χ2v) is 7.86. The van der Waals surface area contributed by atoms with Gasteiger partial charge in [-0.25, -0.2) is 0 Å². The fourth-order valence-electron chi connectivity index (χ4n) is 4.65. The molecule has 2 aliphatic rings. The molecule has 5 heteroatoms. The van der Waals surface area contributed by atoms with Gasteiger partial charge in [0.05, 0.1) is 18.7 Å². The number of fused-ring (bicyclic) bond motifs is 2. The highest BCUT2D eigenvalue weighted by atomic mass is 16.5. The lowest BCUT2D eigenvalue weighted by atomic mass is 9.64. The number of aryl methyl sites for hydroxylation is 1. The molecule has 4 unspecified atom stereocenters. The van der Waals surface area contributed by atoms with Crippen molar-refractivity contribution in [2.75, 3.05) is 6.61 Å². The summed E-state index contributed by atoms with van der Waals surface area (Å²) < 4.78 is 10.2. The van der Waals surface area contributed by atoms with Gasteiger partial charge in [-0.1, -0.05) is 25.9 Å². The zero-order valence-electron chi connectivity index (χ0n) is 15.0. The monoisotopic (exact) mass is 333 g/mol. The summed E-state index contributed by atoms with van der Waals surface area (Å²) in [5, 5.41) is 4.11. The normalized spacial score (nSPS) is 30.8. The molecule has 4 atom stereocenters. The molecule has 2 bridgehead atoms. The molecular formula is C19H27NO4. The van der Waals surface area contributed by atoms with Gasteiger partial charge in [0.1, 0.15) is 11.5 Å². The number of carbonyl (C=O) groups is 2. The number of ketones is 1. The van der Waals surface area contributed by atoms with E-state index in [0.29, 0.717) is 49.2 Å². The minimum absolute atomic E-state index is 0.0595. The number of ether oxygens (including phenoxy) is 1. The molecule has 0 spiro atoms. The predicted molar refractivity (Wildman–Crippen MR) is 88.2 cm³/mol. The van der Waals surface area contributed by atoms with Crippen LogP contribution >= 0.6 is 0 Å². The first kappa shape index (κ1) is 17.2. The Morgan fingerprint density at radius 3 is 2.88 bits per heavy atom. The predicted octanol–water partition coefficient (Wildman–Crippen LogP) is 3.21. The van der Waals surface area contributed by atoms with Gasteiger partial charge < -0.3 is 9.26 Å². The standard InChI is InChI=1S/C19H27NO4/c1-5-23-17(21)7-6-13-8-12(20-24-13)9-15-16-10-14(18(15)22)11(2)19(16,3)4/h8,11,14-16H,5-7,9-10H2,1-4H3. The summed E-state index contributed by atoms with van der Waals surface area (Å²) in [6.07, 6.45) is 2.45. The Morgan fingerprint density at radius 1 is 1.46 bits per heavy atom. The van der Waals surface area contributed by atoms with Crippen LogP contribution in [0.25, 0.3) is 0 Å². The van der Waals surface area contributed by atoms with E-state index in [-0.39, 0.29) is 23.2 Å². The maximum Gasteiger partial charge on any atom is 0.306 e. The molecular weight excluding hydrogens is 306 g/mol. The van der Waals surface area contributed by atoms with E-state index in [1.165, 1.54) is 0 Å². The van der Waals surface area contributed by atoms with E-state index in [0.717, 1.165) is 12.1 Å². The number of hydrogen-bond acceptors (Lipinski definition) is 5. The fraction of sp³-hybridized carbons (Fsp3) is 0.737. The SMILES string of the molecule is CCOC(=O)CCc1cc(CC2C(=O)C3CC2C(C)(C)C3C)no1. The second-order valence-electron chi connectivity index (χ2n) is 7.86. The van der Waals surface area contributed by atoms with Crippen LogP contribution in [0.3, 0.4) is 0 Å². The number of Topliss-reactive ketones (excluding diaryl/α,β-unsaturated/α-hetero) is 1.